The number of aromatic nitrogens is 2. The lowest BCUT2D eigenvalue weighted by molar-refractivity contribution is 0.0970. The number of nitrogens with two attached hydrogens (primary N) is 1. The Morgan fingerprint density at radius 3 is 2.84 bits per heavy atom. The fourth-order valence-corrected chi connectivity index (χ4v) is 4.35. The Hall–Kier alpha value is -2.98. The van der Waals surface area contributed by atoms with Gasteiger partial charge in [0.15, 0.2) is 5.82 Å². The van der Waals surface area contributed by atoms with E-state index in [2.05, 4.69) is 11.1 Å². The first-order chi connectivity index (χ1) is 12.1. The number of allylic oxidation sites excluding steroid dienone is 1. The van der Waals surface area contributed by atoms with Crippen LogP contribution in [-0.2, 0) is 7.05 Å². The summed E-state index contributed by atoms with van der Waals surface area (Å²) in [5.74, 6) is 0.236. The lowest BCUT2D eigenvalue weighted by atomic mass is 9.92. The van der Waals surface area contributed by atoms with E-state index in [0.717, 1.165) is 11.0 Å². The molecule has 2 aromatic heterocycles. The van der Waals surface area contributed by atoms with Crippen molar-refractivity contribution in [2.24, 2.45) is 12.8 Å². The highest BCUT2D eigenvalue weighted by atomic mass is 32.2. The smallest absolute Gasteiger partial charge is 0.212 e. The maximum Gasteiger partial charge on any atom is 0.212 e. The van der Waals surface area contributed by atoms with E-state index in [1.54, 1.807) is 16.7 Å². The molecular formula is C18H14N4O2S. The van der Waals surface area contributed by atoms with Gasteiger partial charge in [0.05, 0.1) is 45.1 Å². The minimum Gasteiger partial charge on any atom is -0.469 e. The number of furan rings is 1. The molecule has 2 atom stereocenters. The van der Waals surface area contributed by atoms with Crippen LogP contribution in [0.2, 0.25) is 0 Å². The summed E-state index contributed by atoms with van der Waals surface area (Å²) in [6.45, 7) is 0. The summed E-state index contributed by atoms with van der Waals surface area (Å²) < 4.78 is 7.25. The molecule has 6 nitrogen and oxygen atoms in total. The number of nitriles is 1. The molecule has 0 saturated heterocycles. The number of thioether (sulfide) groups is 1. The maximum atomic E-state index is 13.2. The third-order valence-electron chi connectivity index (χ3n) is 4.37. The van der Waals surface area contributed by atoms with Crippen molar-refractivity contribution in [3.05, 3.63) is 64.8 Å². The van der Waals surface area contributed by atoms with Crippen LogP contribution in [0.3, 0.4) is 0 Å². The van der Waals surface area contributed by atoms with Crippen molar-refractivity contribution in [2.75, 3.05) is 0 Å². The maximum absolute atomic E-state index is 13.2. The highest BCUT2D eigenvalue weighted by molar-refractivity contribution is 8.04. The van der Waals surface area contributed by atoms with Gasteiger partial charge in [0.25, 0.3) is 0 Å². The monoisotopic (exact) mass is 350 g/mol. The first-order valence-corrected chi connectivity index (χ1v) is 8.55. The zero-order valence-electron chi connectivity index (χ0n) is 13.3. The lowest BCUT2D eigenvalue weighted by Gasteiger charge is -2.16. The van der Waals surface area contributed by atoms with Crippen LogP contribution >= 0.6 is 11.8 Å². The number of aryl methyl sites for hydroxylation is 1. The SMILES string of the molecule is Cn1c(C(=O)[C@@H]2SC(N)=C(C#N)[C@H]2c2ccco2)nc2ccccc21. The fraction of sp³-hybridized carbons (Fsp3) is 0.167. The van der Waals surface area contributed by atoms with Gasteiger partial charge in [-0.15, -0.1) is 0 Å². The minimum absolute atomic E-state index is 0.168. The van der Waals surface area contributed by atoms with Gasteiger partial charge in [-0.2, -0.15) is 5.26 Å². The molecule has 0 spiro atoms. The van der Waals surface area contributed by atoms with Crippen LogP contribution < -0.4 is 5.73 Å². The van der Waals surface area contributed by atoms with Crippen molar-refractivity contribution < 1.29 is 9.21 Å². The molecule has 0 saturated carbocycles. The first kappa shape index (κ1) is 15.5. The Kier molecular flexibility index (Phi) is 3.62. The van der Waals surface area contributed by atoms with Crippen LogP contribution in [0.15, 0.2) is 57.7 Å². The summed E-state index contributed by atoms with van der Waals surface area (Å²) >= 11 is 1.20. The molecule has 2 N–H and O–H groups in total. The van der Waals surface area contributed by atoms with Gasteiger partial charge < -0.3 is 14.7 Å². The van der Waals surface area contributed by atoms with E-state index in [4.69, 9.17) is 10.2 Å². The highest BCUT2D eigenvalue weighted by Crippen LogP contribution is 2.46. The summed E-state index contributed by atoms with van der Waals surface area (Å²) in [4.78, 5) is 17.7. The number of nitrogens with zero attached hydrogens (tertiary/aromatic N) is 3. The average molecular weight is 350 g/mol. The molecule has 0 radical (unpaired) electrons. The van der Waals surface area contributed by atoms with Gasteiger partial charge in [-0.05, 0) is 24.3 Å². The number of rotatable bonds is 3. The quantitative estimate of drug-likeness (QED) is 0.729. The molecule has 0 fully saturated rings. The molecule has 7 heteroatoms. The summed E-state index contributed by atoms with van der Waals surface area (Å²) in [6.07, 6.45) is 1.53. The Labute approximate surface area is 147 Å². The van der Waals surface area contributed by atoms with Crippen molar-refractivity contribution in [2.45, 2.75) is 11.2 Å². The molecule has 124 valence electrons. The van der Waals surface area contributed by atoms with E-state index >= 15 is 0 Å². The number of para-hydroxylation sites is 2. The van der Waals surface area contributed by atoms with Gasteiger partial charge in [0.1, 0.15) is 5.76 Å². The minimum atomic E-state index is -0.573. The summed E-state index contributed by atoms with van der Waals surface area (Å²) in [5, 5.41) is 9.26. The number of fused-ring (bicyclic) bond motifs is 1. The predicted molar refractivity (Wildman–Crippen MR) is 94.7 cm³/mol. The fourth-order valence-electron chi connectivity index (χ4n) is 3.16. The van der Waals surface area contributed by atoms with Gasteiger partial charge in [-0.25, -0.2) is 4.98 Å². The predicted octanol–water partition coefficient (Wildman–Crippen LogP) is 2.94. The van der Waals surface area contributed by atoms with Crippen molar-refractivity contribution in [3.8, 4) is 6.07 Å². The molecule has 3 heterocycles. The van der Waals surface area contributed by atoms with Crippen LogP contribution in [-0.4, -0.2) is 20.6 Å². The average Bonchev–Trinajstić information content (AvgIpc) is 3.32. The third-order valence-corrected chi connectivity index (χ3v) is 5.58. The van der Waals surface area contributed by atoms with E-state index in [0.29, 0.717) is 22.2 Å². The number of Topliss-reactive ketones (excluding diaryl/α,β-unsaturated/α-hetero) is 1. The van der Waals surface area contributed by atoms with E-state index in [1.807, 2.05) is 31.3 Å². The van der Waals surface area contributed by atoms with E-state index in [-0.39, 0.29) is 5.78 Å². The molecule has 1 aliphatic heterocycles. The molecule has 4 rings (SSSR count). The van der Waals surface area contributed by atoms with Crippen LogP contribution in [0, 0.1) is 11.3 Å². The van der Waals surface area contributed by atoms with Gasteiger partial charge in [-0.3, -0.25) is 4.79 Å². The summed E-state index contributed by atoms with van der Waals surface area (Å²) in [5.41, 5.74) is 8.01. The summed E-state index contributed by atoms with van der Waals surface area (Å²) in [6, 6.07) is 13.2. The Bertz CT molecular complexity index is 1040. The largest absolute Gasteiger partial charge is 0.469 e. The zero-order chi connectivity index (χ0) is 17.6. The van der Waals surface area contributed by atoms with Crippen molar-refractivity contribution in [1.29, 1.82) is 5.26 Å². The van der Waals surface area contributed by atoms with Crippen molar-refractivity contribution in [3.63, 3.8) is 0 Å². The van der Waals surface area contributed by atoms with Crippen molar-refractivity contribution in [1.82, 2.24) is 9.55 Å². The molecule has 1 aromatic carbocycles. The molecule has 0 aliphatic carbocycles. The number of imidazole rings is 1. The van der Waals surface area contributed by atoms with Gasteiger partial charge in [-0.1, -0.05) is 23.9 Å². The van der Waals surface area contributed by atoms with E-state index < -0.39 is 11.2 Å². The standard InChI is InChI=1S/C18H14N4O2S/c1-22-12-6-3-2-5-11(12)21-18(22)15(23)16-14(13-7-4-8-24-13)10(9-19)17(20)25-16/h2-8,14,16H,20H2,1H3/t14-,16+/m0/s1. The first-order valence-electron chi connectivity index (χ1n) is 7.67. The zero-order valence-corrected chi connectivity index (χ0v) is 14.2. The Morgan fingerprint density at radius 2 is 2.16 bits per heavy atom. The number of carbonyl (C=O) groups is 1. The van der Waals surface area contributed by atoms with Crippen molar-refractivity contribution >= 4 is 28.6 Å². The normalized spacial score (nSPS) is 20.2. The van der Waals surface area contributed by atoms with Crippen LogP contribution in [0.4, 0.5) is 0 Å². The second-order valence-corrected chi connectivity index (χ2v) is 6.95. The summed E-state index contributed by atoms with van der Waals surface area (Å²) in [7, 11) is 1.81. The second kappa shape index (κ2) is 5.83. The molecule has 0 bridgehead atoms. The number of carbonyl (C=O) groups excluding carboxylic acids is 1. The number of hydrogen-bond acceptors (Lipinski definition) is 6. The van der Waals surface area contributed by atoms with Gasteiger partial charge >= 0.3 is 0 Å². The van der Waals surface area contributed by atoms with Gasteiger partial charge in [0.2, 0.25) is 5.78 Å². The molecule has 1 aliphatic rings. The number of hydrogen-bond donors (Lipinski definition) is 1. The molecule has 0 unspecified atom stereocenters. The topological polar surface area (TPSA) is 97.8 Å². The van der Waals surface area contributed by atoms with E-state index in [1.165, 1.54) is 18.0 Å². The van der Waals surface area contributed by atoms with Crippen LogP contribution in [0.5, 0.6) is 0 Å². The van der Waals surface area contributed by atoms with Crippen LogP contribution in [0.1, 0.15) is 22.3 Å². The van der Waals surface area contributed by atoms with Gasteiger partial charge in [0, 0.05) is 7.05 Å². The molecule has 0 amide bonds. The number of benzene rings is 1. The Morgan fingerprint density at radius 1 is 1.36 bits per heavy atom. The Balaban J connectivity index is 1.79. The highest BCUT2D eigenvalue weighted by Gasteiger charge is 2.43. The number of ketones is 1. The lowest BCUT2D eigenvalue weighted by Crippen LogP contribution is -2.25. The molecular weight excluding hydrogens is 336 g/mol. The van der Waals surface area contributed by atoms with Crippen LogP contribution in [0.25, 0.3) is 11.0 Å². The van der Waals surface area contributed by atoms with E-state index in [9.17, 15) is 10.1 Å². The molecule has 25 heavy (non-hydrogen) atoms. The third kappa shape index (κ3) is 2.34. The molecule has 3 aromatic rings. The second-order valence-electron chi connectivity index (χ2n) is 5.77.